The first-order valence-corrected chi connectivity index (χ1v) is 10.4. The van der Waals surface area contributed by atoms with Gasteiger partial charge in [-0.1, -0.05) is 12.1 Å². The molecule has 1 aliphatic rings. The predicted octanol–water partition coefficient (Wildman–Crippen LogP) is 2.46. The van der Waals surface area contributed by atoms with Crippen LogP contribution in [0.4, 0.5) is 10.5 Å². The first-order valence-electron chi connectivity index (χ1n) is 10.4. The summed E-state index contributed by atoms with van der Waals surface area (Å²) in [5, 5.41) is 11.5. The molecule has 11 heteroatoms. The van der Waals surface area contributed by atoms with Crippen LogP contribution in [0.25, 0.3) is 17.0 Å². The monoisotopic (exact) mass is 441 g/mol. The van der Waals surface area contributed by atoms with E-state index in [1.54, 1.807) is 28.6 Å². The van der Waals surface area contributed by atoms with Gasteiger partial charge in [-0.05, 0) is 39.7 Å². The zero-order valence-corrected chi connectivity index (χ0v) is 18.7. The number of aromatic nitrogens is 4. The van der Waals surface area contributed by atoms with E-state index in [0.29, 0.717) is 41.6 Å². The van der Waals surface area contributed by atoms with E-state index in [4.69, 9.17) is 15.0 Å². The van der Waals surface area contributed by atoms with Crippen molar-refractivity contribution < 1.29 is 18.8 Å². The van der Waals surface area contributed by atoms with E-state index in [1.807, 2.05) is 27.7 Å². The van der Waals surface area contributed by atoms with Crippen molar-refractivity contribution in [3.63, 3.8) is 0 Å². The SMILES string of the molecule is Cc1noc(-c2cc3c(NC4CN(C(=O)OC(C)(C)C)CC4C)c(C(N)=O)cnn3c2)n1. The fourth-order valence-corrected chi connectivity index (χ4v) is 3.74. The lowest BCUT2D eigenvalue weighted by atomic mass is 10.1. The average molecular weight is 441 g/mol. The van der Waals surface area contributed by atoms with Crippen molar-refractivity contribution >= 4 is 23.2 Å². The molecule has 0 saturated carbocycles. The zero-order chi connectivity index (χ0) is 23.2. The first-order chi connectivity index (χ1) is 15.0. The molecule has 1 saturated heterocycles. The number of hydrogen-bond acceptors (Lipinski definition) is 8. The number of fused-ring (bicyclic) bond motifs is 1. The molecule has 2 amide bonds. The third-order valence-electron chi connectivity index (χ3n) is 5.27. The molecule has 3 N–H and O–H groups in total. The van der Waals surface area contributed by atoms with Gasteiger partial charge in [0.15, 0.2) is 5.82 Å². The molecule has 0 bridgehead atoms. The number of anilines is 1. The number of nitrogens with zero attached hydrogens (tertiary/aromatic N) is 5. The molecule has 3 aromatic rings. The number of carbonyl (C=O) groups excluding carboxylic acids is 2. The first kappa shape index (κ1) is 21.6. The van der Waals surface area contributed by atoms with Gasteiger partial charge in [-0.15, -0.1) is 0 Å². The second-order valence-corrected chi connectivity index (χ2v) is 9.12. The molecule has 2 unspecified atom stereocenters. The highest BCUT2D eigenvalue weighted by molar-refractivity contribution is 6.02. The summed E-state index contributed by atoms with van der Waals surface area (Å²) < 4.78 is 12.4. The highest BCUT2D eigenvalue weighted by Gasteiger charge is 2.35. The van der Waals surface area contributed by atoms with Crippen LogP contribution in [-0.2, 0) is 4.74 Å². The standard InChI is InChI=1S/C21H27N7O4/c1-11-8-27(20(30)31-21(3,4)5)10-15(11)25-17-14(18(22)29)7-23-28-9-13(6-16(17)28)19-24-12(2)26-32-19/h6-7,9,11,15,25H,8,10H2,1-5H3,(H2,22,29). The van der Waals surface area contributed by atoms with E-state index in [1.165, 1.54) is 6.20 Å². The number of amides is 2. The minimum Gasteiger partial charge on any atom is -0.444 e. The summed E-state index contributed by atoms with van der Waals surface area (Å²) in [5.41, 5.74) is 7.15. The number of ether oxygens (including phenoxy) is 1. The molecule has 0 aromatic carbocycles. The number of likely N-dealkylation sites (tertiary alicyclic amines) is 1. The molecule has 11 nitrogen and oxygen atoms in total. The molecule has 0 radical (unpaired) electrons. The summed E-state index contributed by atoms with van der Waals surface area (Å²) >= 11 is 0. The number of carbonyl (C=O) groups is 2. The Morgan fingerprint density at radius 3 is 2.69 bits per heavy atom. The summed E-state index contributed by atoms with van der Waals surface area (Å²) in [7, 11) is 0. The van der Waals surface area contributed by atoms with Crippen LogP contribution in [0.1, 0.15) is 43.9 Å². The largest absolute Gasteiger partial charge is 0.444 e. The van der Waals surface area contributed by atoms with Gasteiger partial charge in [0.1, 0.15) is 5.60 Å². The number of primary amides is 1. The van der Waals surface area contributed by atoms with Gasteiger partial charge >= 0.3 is 6.09 Å². The van der Waals surface area contributed by atoms with Crippen LogP contribution in [0.15, 0.2) is 23.0 Å². The Morgan fingerprint density at radius 2 is 2.06 bits per heavy atom. The van der Waals surface area contributed by atoms with Gasteiger partial charge in [0.2, 0.25) is 0 Å². The fourth-order valence-electron chi connectivity index (χ4n) is 3.74. The molecule has 32 heavy (non-hydrogen) atoms. The van der Waals surface area contributed by atoms with E-state index >= 15 is 0 Å². The summed E-state index contributed by atoms with van der Waals surface area (Å²) in [6, 6.07) is 1.69. The quantitative estimate of drug-likeness (QED) is 0.629. The third-order valence-corrected chi connectivity index (χ3v) is 5.27. The number of nitrogens with one attached hydrogen (secondary N) is 1. The number of rotatable bonds is 4. The summed E-state index contributed by atoms with van der Waals surface area (Å²) in [6.07, 6.45) is 2.80. The molecular weight excluding hydrogens is 414 g/mol. The molecule has 170 valence electrons. The number of aryl methyl sites for hydroxylation is 1. The Kier molecular flexibility index (Phi) is 5.27. The van der Waals surface area contributed by atoms with Gasteiger partial charge in [0, 0.05) is 25.3 Å². The molecule has 3 aromatic heterocycles. The zero-order valence-electron chi connectivity index (χ0n) is 18.7. The Morgan fingerprint density at radius 1 is 1.31 bits per heavy atom. The Bertz CT molecular complexity index is 1180. The molecule has 1 aliphatic heterocycles. The van der Waals surface area contributed by atoms with Crippen LogP contribution in [0.5, 0.6) is 0 Å². The van der Waals surface area contributed by atoms with Gasteiger partial charge in [-0.3, -0.25) is 4.79 Å². The Labute approximate surface area is 184 Å². The Balaban J connectivity index is 1.65. The van der Waals surface area contributed by atoms with Crippen molar-refractivity contribution in [3.8, 4) is 11.5 Å². The minimum atomic E-state index is -0.603. The minimum absolute atomic E-state index is 0.115. The maximum Gasteiger partial charge on any atom is 0.410 e. The van der Waals surface area contributed by atoms with Gasteiger partial charge in [0.25, 0.3) is 11.8 Å². The molecular formula is C21H27N7O4. The van der Waals surface area contributed by atoms with Crippen molar-refractivity contribution in [2.75, 3.05) is 18.4 Å². The van der Waals surface area contributed by atoms with Gasteiger partial charge < -0.3 is 25.2 Å². The van der Waals surface area contributed by atoms with Crippen LogP contribution in [0.2, 0.25) is 0 Å². The van der Waals surface area contributed by atoms with Crippen LogP contribution >= 0.6 is 0 Å². The highest BCUT2D eigenvalue weighted by Crippen LogP contribution is 2.30. The van der Waals surface area contributed by atoms with Crippen LogP contribution in [-0.4, -0.2) is 61.4 Å². The lowest BCUT2D eigenvalue weighted by Crippen LogP contribution is -2.36. The second kappa shape index (κ2) is 7.81. The maximum absolute atomic E-state index is 12.5. The lowest BCUT2D eigenvalue weighted by Gasteiger charge is -2.24. The van der Waals surface area contributed by atoms with Crippen molar-refractivity contribution in [1.82, 2.24) is 24.7 Å². The van der Waals surface area contributed by atoms with E-state index in [-0.39, 0.29) is 23.6 Å². The predicted molar refractivity (Wildman–Crippen MR) is 116 cm³/mol. The van der Waals surface area contributed by atoms with Crippen molar-refractivity contribution in [2.45, 2.75) is 46.3 Å². The smallest absolute Gasteiger partial charge is 0.410 e. The molecule has 4 heterocycles. The molecule has 0 spiro atoms. The van der Waals surface area contributed by atoms with E-state index in [0.717, 1.165) is 0 Å². The van der Waals surface area contributed by atoms with Gasteiger partial charge in [-0.25, -0.2) is 9.31 Å². The summed E-state index contributed by atoms with van der Waals surface area (Å²) in [5.74, 6) is 0.379. The molecule has 1 fully saturated rings. The van der Waals surface area contributed by atoms with Gasteiger partial charge in [0.05, 0.1) is 28.5 Å². The van der Waals surface area contributed by atoms with Crippen LogP contribution < -0.4 is 11.1 Å². The van der Waals surface area contributed by atoms with E-state index in [9.17, 15) is 9.59 Å². The second-order valence-electron chi connectivity index (χ2n) is 9.12. The lowest BCUT2D eigenvalue weighted by molar-refractivity contribution is 0.0288. The normalized spacial score (nSPS) is 18.8. The summed E-state index contributed by atoms with van der Waals surface area (Å²) in [6.45, 7) is 10.2. The number of nitrogens with two attached hydrogens (primary N) is 1. The maximum atomic E-state index is 12.5. The van der Waals surface area contributed by atoms with Gasteiger partial charge in [-0.2, -0.15) is 10.1 Å². The van der Waals surface area contributed by atoms with Crippen molar-refractivity contribution in [3.05, 3.63) is 29.8 Å². The fraction of sp³-hybridized carbons (Fsp3) is 0.476. The van der Waals surface area contributed by atoms with Crippen molar-refractivity contribution in [1.29, 1.82) is 0 Å². The average Bonchev–Trinajstić information content (AvgIpc) is 3.39. The molecule has 2 atom stereocenters. The number of hydrogen-bond donors (Lipinski definition) is 2. The molecule has 0 aliphatic carbocycles. The Hall–Kier alpha value is -3.63. The van der Waals surface area contributed by atoms with E-state index in [2.05, 4.69) is 20.6 Å². The van der Waals surface area contributed by atoms with Crippen LogP contribution in [0, 0.1) is 12.8 Å². The summed E-state index contributed by atoms with van der Waals surface area (Å²) in [4.78, 5) is 30.6. The van der Waals surface area contributed by atoms with Crippen LogP contribution in [0.3, 0.4) is 0 Å². The topological polar surface area (TPSA) is 141 Å². The highest BCUT2D eigenvalue weighted by atomic mass is 16.6. The van der Waals surface area contributed by atoms with E-state index < -0.39 is 11.5 Å². The van der Waals surface area contributed by atoms with Crippen molar-refractivity contribution in [2.24, 2.45) is 11.7 Å². The third kappa shape index (κ3) is 4.23. The molecule has 4 rings (SSSR count).